The van der Waals surface area contributed by atoms with Crippen LogP contribution in [0.4, 0.5) is 5.82 Å². The van der Waals surface area contributed by atoms with Crippen LogP contribution >= 0.6 is 0 Å². The van der Waals surface area contributed by atoms with Crippen LogP contribution in [-0.4, -0.2) is 71.0 Å². The lowest BCUT2D eigenvalue weighted by molar-refractivity contribution is -0.138. The van der Waals surface area contributed by atoms with Gasteiger partial charge >= 0.3 is 0 Å². The number of piperazine rings is 1. The van der Waals surface area contributed by atoms with Gasteiger partial charge in [-0.05, 0) is 31.6 Å². The minimum atomic E-state index is 0.351. The Labute approximate surface area is 150 Å². The van der Waals surface area contributed by atoms with Crippen LogP contribution in [0.25, 0.3) is 0 Å². The molecule has 1 saturated carbocycles. The third kappa shape index (κ3) is 3.78. The van der Waals surface area contributed by atoms with Gasteiger partial charge < -0.3 is 9.80 Å². The van der Waals surface area contributed by atoms with Crippen molar-refractivity contribution in [2.75, 3.05) is 44.2 Å². The summed E-state index contributed by atoms with van der Waals surface area (Å²) in [5.74, 6) is 2.05. The molecule has 2 aliphatic heterocycles. The summed E-state index contributed by atoms with van der Waals surface area (Å²) < 4.78 is 0. The highest BCUT2D eigenvalue weighted by atomic mass is 16.2. The number of amides is 1. The van der Waals surface area contributed by atoms with Gasteiger partial charge in [-0.2, -0.15) is 0 Å². The number of carbonyl (C=O) groups excluding carboxylic acids is 1. The molecule has 3 fully saturated rings. The van der Waals surface area contributed by atoms with Gasteiger partial charge in [0.2, 0.25) is 5.91 Å². The van der Waals surface area contributed by atoms with Crippen molar-refractivity contribution >= 4 is 11.7 Å². The Hall–Kier alpha value is -1.69. The Morgan fingerprint density at radius 1 is 1.00 bits per heavy atom. The lowest BCUT2D eigenvalue weighted by atomic mass is 9.78. The second kappa shape index (κ2) is 7.68. The van der Waals surface area contributed by atoms with Crippen molar-refractivity contribution < 1.29 is 4.79 Å². The number of piperidine rings is 1. The van der Waals surface area contributed by atoms with Crippen LogP contribution in [0.5, 0.6) is 0 Å². The molecule has 3 aliphatic rings. The normalized spacial score (nSPS) is 27.8. The molecule has 1 amide bonds. The first kappa shape index (κ1) is 16.8. The van der Waals surface area contributed by atoms with Gasteiger partial charge in [-0.15, -0.1) is 0 Å². The minimum absolute atomic E-state index is 0.351. The highest BCUT2D eigenvalue weighted by molar-refractivity contribution is 5.78. The molecule has 0 unspecified atom stereocenters. The molecule has 1 aromatic heterocycles. The number of anilines is 1. The maximum atomic E-state index is 12.9. The summed E-state index contributed by atoms with van der Waals surface area (Å²) in [6.45, 7) is 5.22. The van der Waals surface area contributed by atoms with E-state index in [1.165, 1.54) is 38.5 Å². The largest absolute Gasteiger partial charge is 0.353 e. The molecule has 4 rings (SSSR count). The molecule has 1 aromatic rings. The maximum absolute atomic E-state index is 12.9. The summed E-state index contributed by atoms with van der Waals surface area (Å²) in [6, 6.07) is 0.524. The van der Waals surface area contributed by atoms with Gasteiger partial charge in [-0.25, -0.2) is 4.98 Å². The highest BCUT2D eigenvalue weighted by Gasteiger charge is 2.36. The average molecular weight is 343 g/mol. The molecule has 0 spiro atoms. The maximum Gasteiger partial charge on any atom is 0.237 e. The van der Waals surface area contributed by atoms with Gasteiger partial charge in [-0.1, -0.05) is 12.8 Å². The number of carbonyl (C=O) groups is 1. The van der Waals surface area contributed by atoms with E-state index in [0.717, 1.165) is 44.5 Å². The van der Waals surface area contributed by atoms with E-state index in [1.54, 1.807) is 12.4 Å². The van der Waals surface area contributed by atoms with Gasteiger partial charge in [0.05, 0.1) is 12.7 Å². The van der Waals surface area contributed by atoms with Crippen LogP contribution < -0.4 is 4.90 Å². The number of hydrogen-bond acceptors (Lipinski definition) is 5. The van der Waals surface area contributed by atoms with E-state index < -0.39 is 0 Å². The van der Waals surface area contributed by atoms with Gasteiger partial charge in [0.15, 0.2) is 0 Å². The molecule has 25 heavy (non-hydrogen) atoms. The Balaban J connectivity index is 1.30. The van der Waals surface area contributed by atoms with Crippen molar-refractivity contribution in [1.29, 1.82) is 0 Å². The fourth-order valence-corrected chi connectivity index (χ4v) is 4.81. The van der Waals surface area contributed by atoms with E-state index in [0.29, 0.717) is 18.5 Å². The first-order chi connectivity index (χ1) is 12.3. The van der Waals surface area contributed by atoms with E-state index in [-0.39, 0.29) is 0 Å². The van der Waals surface area contributed by atoms with E-state index in [9.17, 15) is 4.79 Å². The monoisotopic (exact) mass is 343 g/mol. The van der Waals surface area contributed by atoms with Crippen molar-refractivity contribution in [1.82, 2.24) is 19.8 Å². The van der Waals surface area contributed by atoms with E-state index >= 15 is 0 Å². The van der Waals surface area contributed by atoms with Gasteiger partial charge in [-0.3, -0.25) is 14.7 Å². The third-order valence-corrected chi connectivity index (χ3v) is 6.17. The topological polar surface area (TPSA) is 52.6 Å². The Kier molecular flexibility index (Phi) is 5.15. The average Bonchev–Trinajstić information content (AvgIpc) is 2.69. The Morgan fingerprint density at radius 3 is 2.60 bits per heavy atom. The number of fused-ring (bicyclic) bond motifs is 1. The van der Waals surface area contributed by atoms with Gasteiger partial charge in [0.1, 0.15) is 5.82 Å². The quantitative estimate of drug-likeness (QED) is 0.837. The second-order valence-corrected chi connectivity index (χ2v) is 7.67. The fourth-order valence-electron chi connectivity index (χ4n) is 4.81. The number of nitrogens with zero attached hydrogens (tertiary/aromatic N) is 5. The Morgan fingerprint density at radius 2 is 1.80 bits per heavy atom. The molecule has 136 valence electrons. The van der Waals surface area contributed by atoms with Crippen LogP contribution in [0.15, 0.2) is 18.6 Å². The zero-order valence-corrected chi connectivity index (χ0v) is 15.0. The predicted octanol–water partition coefficient (Wildman–Crippen LogP) is 1.78. The van der Waals surface area contributed by atoms with Crippen molar-refractivity contribution in [3.63, 3.8) is 0 Å². The lowest BCUT2D eigenvalue weighted by Gasteiger charge is -2.45. The van der Waals surface area contributed by atoms with E-state index in [1.807, 2.05) is 6.20 Å². The molecule has 2 atom stereocenters. The molecule has 0 radical (unpaired) electrons. The van der Waals surface area contributed by atoms with Crippen LogP contribution in [-0.2, 0) is 4.79 Å². The molecular formula is C19H29N5O. The summed E-state index contributed by atoms with van der Waals surface area (Å²) in [4.78, 5) is 28.2. The first-order valence-corrected chi connectivity index (χ1v) is 9.84. The highest BCUT2D eigenvalue weighted by Crippen LogP contribution is 2.35. The predicted molar refractivity (Wildman–Crippen MR) is 97.4 cm³/mol. The number of hydrogen-bond donors (Lipinski definition) is 0. The number of rotatable bonds is 3. The van der Waals surface area contributed by atoms with E-state index in [4.69, 9.17) is 0 Å². The molecule has 2 saturated heterocycles. The van der Waals surface area contributed by atoms with Crippen LogP contribution in [0.2, 0.25) is 0 Å². The van der Waals surface area contributed by atoms with Gasteiger partial charge in [0, 0.05) is 51.2 Å². The molecule has 0 N–H and O–H groups in total. The summed E-state index contributed by atoms with van der Waals surface area (Å²) >= 11 is 0. The van der Waals surface area contributed by atoms with Gasteiger partial charge in [0.25, 0.3) is 0 Å². The third-order valence-electron chi connectivity index (χ3n) is 6.17. The SMILES string of the molecule is O=C(CN1CCN(c2cnccn2)CC1)N1CCC[C@H]2CCCC[C@@H]21. The minimum Gasteiger partial charge on any atom is -0.353 e. The van der Waals surface area contributed by atoms with Crippen molar-refractivity contribution in [2.24, 2.45) is 5.92 Å². The molecule has 6 heteroatoms. The van der Waals surface area contributed by atoms with Crippen LogP contribution in [0, 0.1) is 5.92 Å². The van der Waals surface area contributed by atoms with E-state index in [2.05, 4.69) is 24.7 Å². The molecule has 0 bridgehead atoms. The molecule has 3 heterocycles. The van der Waals surface area contributed by atoms with Crippen molar-refractivity contribution in [3.05, 3.63) is 18.6 Å². The summed E-state index contributed by atoms with van der Waals surface area (Å²) in [6.07, 6.45) is 13.0. The zero-order chi connectivity index (χ0) is 17.1. The standard InChI is InChI=1S/C19H29N5O/c25-19(24-9-3-5-16-4-1-2-6-17(16)24)15-22-10-12-23(13-11-22)18-14-20-7-8-21-18/h7-8,14,16-17H,1-6,9-13,15H2/t16-,17+/m1/s1. The number of likely N-dealkylation sites (tertiary alicyclic amines) is 1. The molecular weight excluding hydrogens is 314 g/mol. The fraction of sp³-hybridized carbons (Fsp3) is 0.737. The summed E-state index contributed by atoms with van der Waals surface area (Å²) in [7, 11) is 0. The molecule has 0 aromatic carbocycles. The lowest BCUT2D eigenvalue weighted by Crippen LogP contribution is -2.55. The smallest absolute Gasteiger partial charge is 0.237 e. The Bertz CT molecular complexity index is 570. The van der Waals surface area contributed by atoms with Crippen LogP contribution in [0.3, 0.4) is 0 Å². The molecule has 1 aliphatic carbocycles. The van der Waals surface area contributed by atoms with Crippen molar-refractivity contribution in [3.8, 4) is 0 Å². The van der Waals surface area contributed by atoms with Crippen LogP contribution in [0.1, 0.15) is 38.5 Å². The number of aromatic nitrogens is 2. The first-order valence-electron chi connectivity index (χ1n) is 9.84. The summed E-state index contributed by atoms with van der Waals surface area (Å²) in [5, 5.41) is 0. The second-order valence-electron chi connectivity index (χ2n) is 7.67. The zero-order valence-electron chi connectivity index (χ0n) is 15.0. The molecule has 6 nitrogen and oxygen atoms in total. The van der Waals surface area contributed by atoms with Crippen molar-refractivity contribution in [2.45, 2.75) is 44.6 Å². The summed E-state index contributed by atoms with van der Waals surface area (Å²) in [5.41, 5.74) is 0.